The maximum atomic E-state index is 3.77. The van der Waals surface area contributed by atoms with Gasteiger partial charge in [-0.1, -0.05) is 26.7 Å². The van der Waals surface area contributed by atoms with Gasteiger partial charge in [-0.15, -0.1) is 0 Å². The predicted octanol–water partition coefficient (Wildman–Crippen LogP) is 2.43. The molecule has 3 nitrogen and oxygen atoms in total. The molecule has 1 aliphatic rings. The van der Waals surface area contributed by atoms with Crippen molar-refractivity contribution in [1.29, 1.82) is 0 Å². The first kappa shape index (κ1) is 16.9. The first-order valence-corrected chi connectivity index (χ1v) is 8.11. The molecule has 1 fully saturated rings. The van der Waals surface area contributed by atoms with Gasteiger partial charge >= 0.3 is 0 Å². The van der Waals surface area contributed by atoms with Gasteiger partial charge in [0, 0.05) is 38.3 Å². The van der Waals surface area contributed by atoms with Gasteiger partial charge in [-0.2, -0.15) is 0 Å². The molecule has 1 aliphatic carbocycles. The number of hydrogen-bond donors (Lipinski definition) is 1. The van der Waals surface area contributed by atoms with E-state index in [1.807, 2.05) is 0 Å². The molecular formula is C16H35N3. The van der Waals surface area contributed by atoms with Crippen LogP contribution in [0.4, 0.5) is 0 Å². The molecule has 0 bridgehead atoms. The summed E-state index contributed by atoms with van der Waals surface area (Å²) in [6, 6.07) is 1.43. The Hall–Kier alpha value is -0.120. The van der Waals surface area contributed by atoms with Crippen LogP contribution in [-0.2, 0) is 0 Å². The Morgan fingerprint density at radius 3 is 2.21 bits per heavy atom. The molecule has 0 aliphatic heterocycles. The van der Waals surface area contributed by atoms with Crippen LogP contribution in [0.2, 0.25) is 0 Å². The number of nitrogens with one attached hydrogen (secondary N) is 1. The average molecular weight is 269 g/mol. The van der Waals surface area contributed by atoms with Crippen molar-refractivity contribution in [3.8, 4) is 0 Å². The molecule has 0 aromatic carbocycles. The highest BCUT2D eigenvalue weighted by atomic mass is 15.2. The minimum Gasteiger partial charge on any atom is -0.312 e. The second-order valence-electron chi connectivity index (χ2n) is 6.93. The molecular weight excluding hydrogens is 234 g/mol. The fraction of sp³-hybridized carbons (Fsp3) is 1.00. The summed E-state index contributed by atoms with van der Waals surface area (Å²) in [5, 5.41) is 3.77. The van der Waals surface area contributed by atoms with Crippen molar-refractivity contribution < 1.29 is 0 Å². The molecule has 1 rings (SSSR count). The molecule has 1 N–H and O–H groups in total. The summed E-state index contributed by atoms with van der Waals surface area (Å²) in [5.74, 6) is 0.746. The van der Waals surface area contributed by atoms with Crippen LogP contribution in [0.3, 0.4) is 0 Å². The Labute approximate surface area is 120 Å². The lowest BCUT2D eigenvalue weighted by atomic mass is 10.1. The van der Waals surface area contributed by atoms with Crippen LogP contribution in [0.25, 0.3) is 0 Å². The van der Waals surface area contributed by atoms with Gasteiger partial charge in [0.2, 0.25) is 0 Å². The normalized spacial score (nSPS) is 18.9. The van der Waals surface area contributed by atoms with Crippen molar-refractivity contribution >= 4 is 0 Å². The zero-order chi connectivity index (χ0) is 14.3. The van der Waals surface area contributed by atoms with Crippen LogP contribution in [-0.4, -0.2) is 62.2 Å². The van der Waals surface area contributed by atoms with Gasteiger partial charge in [0.25, 0.3) is 0 Å². The highest BCUT2D eigenvalue weighted by molar-refractivity contribution is 4.78. The lowest BCUT2D eigenvalue weighted by molar-refractivity contribution is 0.164. The van der Waals surface area contributed by atoms with Gasteiger partial charge in [-0.3, -0.25) is 4.90 Å². The van der Waals surface area contributed by atoms with E-state index < -0.39 is 0 Å². The highest BCUT2D eigenvalue weighted by Crippen LogP contribution is 2.17. The Kier molecular flexibility index (Phi) is 7.96. The van der Waals surface area contributed by atoms with Gasteiger partial charge in [0.1, 0.15) is 0 Å². The smallest absolute Gasteiger partial charge is 0.0193 e. The first-order valence-electron chi connectivity index (χ1n) is 8.11. The topological polar surface area (TPSA) is 18.5 Å². The van der Waals surface area contributed by atoms with E-state index >= 15 is 0 Å². The Morgan fingerprint density at radius 1 is 1.05 bits per heavy atom. The largest absolute Gasteiger partial charge is 0.312 e. The van der Waals surface area contributed by atoms with E-state index in [0.29, 0.717) is 6.04 Å². The molecule has 0 saturated heterocycles. The van der Waals surface area contributed by atoms with Crippen LogP contribution in [0.5, 0.6) is 0 Å². The van der Waals surface area contributed by atoms with Crippen molar-refractivity contribution in [2.24, 2.45) is 5.92 Å². The van der Waals surface area contributed by atoms with Crippen molar-refractivity contribution in [3.05, 3.63) is 0 Å². The first-order chi connectivity index (χ1) is 8.99. The Morgan fingerprint density at radius 2 is 1.68 bits per heavy atom. The number of likely N-dealkylation sites (N-methyl/N-ethyl adjacent to an activating group) is 1. The van der Waals surface area contributed by atoms with Crippen LogP contribution < -0.4 is 5.32 Å². The van der Waals surface area contributed by atoms with Gasteiger partial charge in [-0.05, 0) is 39.8 Å². The summed E-state index contributed by atoms with van der Waals surface area (Å²) >= 11 is 0. The predicted molar refractivity (Wildman–Crippen MR) is 84.7 cm³/mol. The second-order valence-corrected chi connectivity index (χ2v) is 6.93. The molecule has 3 heteroatoms. The van der Waals surface area contributed by atoms with Gasteiger partial charge in [0.05, 0.1) is 0 Å². The lowest BCUT2D eigenvalue weighted by Gasteiger charge is -2.32. The summed E-state index contributed by atoms with van der Waals surface area (Å²) in [7, 11) is 4.32. The minimum absolute atomic E-state index is 0.642. The van der Waals surface area contributed by atoms with Crippen LogP contribution in [0.15, 0.2) is 0 Å². The standard InChI is InChI=1S/C16H35N3/c1-14(2)13-19(11-10-18(4)5)15(3)12-17-16-8-6-7-9-16/h14-17H,6-13H2,1-5H3. The maximum Gasteiger partial charge on any atom is 0.0193 e. The van der Waals surface area contributed by atoms with E-state index in [0.717, 1.165) is 25.0 Å². The van der Waals surface area contributed by atoms with Crippen molar-refractivity contribution in [3.63, 3.8) is 0 Å². The van der Waals surface area contributed by atoms with Crippen molar-refractivity contribution in [2.75, 3.05) is 40.3 Å². The van der Waals surface area contributed by atoms with Gasteiger partial charge in [-0.25, -0.2) is 0 Å². The summed E-state index contributed by atoms with van der Waals surface area (Å²) in [6.07, 6.45) is 5.61. The van der Waals surface area contributed by atoms with E-state index in [4.69, 9.17) is 0 Å². The SMILES string of the molecule is CC(C)CN(CCN(C)C)C(C)CNC1CCCC1. The Balaban J connectivity index is 2.33. The van der Waals surface area contributed by atoms with Gasteiger partial charge < -0.3 is 10.2 Å². The molecule has 0 spiro atoms. The number of nitrogens with zero attached hydrogens (tertiary/aromatic N) is 2. The van der Waals surface area contributed by atoms with E-state index in [1.54, 1.807) is 0 Å². The van der Waals surface area contributed by atoms with Crippen LogP contribution in [0.1, 0.15) is 46.5 Å². The molecule has 1 saturated carbocycles. The quantitative estimate of drug-likeness (QED) is 0.693. The fourth-order valence-electron chi connectivity index (χ4n) is 2.89. The number of hydrogen-bond acceptors (Lipinski definition) is 3. The zero-order valence-electron chi connectivity index (χ0n) is 13.8. The van der Waals surface area contributed by atoms with E-state index in [2.05, 4.69) is 50.0 Å². The molecule has 19 heavy (non-hydrogen) atoms. The lowest BCUT2D eigenvalue weighted by Crippen LogP contribution is -2.46. The Bertz CT molecular complexity index is 222. The fourth-order valence-corrected chi connectivity index (χ4v) is 2.89. The van der Waals surface area contributed by atoms with E-state index in [9.17, 15) is 0 Å². The summed E-state index contributed by atoms with van der Waals surface area (Å²) in [5.41, 5.74) is 0. The van der Waals surface area contributed by atoms with E-state index in [1.165, 1.54) is 38.8 Å². The van der Waals surface area contributed by atoms with Gasteiger partial charge in [0.15, 0.2) is 0 Å². The highest BCUT2D eigenvalue weighted by Gasteiger charge is 2.18. The third-order valence-corrected chi connectivity index (χ3v) is 4.11. The van der Waals surface area contributed by atoms with Crippen molar-refractivity contribution in [2.45, 2.75) is 58.5 Å². The third-order valence-electron chi connectivity index (χ3n) is 4.11. The molecule has 1 atom stereocenters. The minimum atomic E-state index is 0.642. The maximum absolute atomic E-state index is 3.77. The molecule has 0 heterocycles. The molecule has 114 valence electrons. The zero-order valence-corrected chi connectivity index (χ0v) is 13.8. The molecule has 0 amide bonds. The average Bonchev–Trinajstić information content (AvgIpc) is 2.83. The molecule has 0 radical (unpaired) electrons. The van der Waals surface area contributed by atoms with Crippen LogP contribution >= 0.6 is 0 Å². The monoisotopic (exact) mass is 269 g/mol. The van der Waals surface area contributed by atoms with E-state index in [-0.39, 0.29) is 0 Å². The summed E-state index contributed by atoms with van der Waals surface area (Å²) in [4.78, 5) is 4.93. The number of rotatable bonds is 9. The molecule has 0 aromatic heterocycles. The molecule has 1 unspecified atom stereocenters. The van der Waals surface area contributed by atoms with Crippen molar-refractivity contribution in [1.82, 2.24) is 15.1 Å². The third kappa shape index (κ3) is 7.28. The second kappa shape index (κ2) is 8.93. The molecule has 0 aromatic rings. The van der Waals surface area contributed by atoms with Crippen LogP contribution in [0, 0.1) is 5.92 Å². The summed E-state index contributed by atoms with van der Waals surface area (Å²) in [6.45, 7) is 11.7. The summed E-state index contributed by atoms with van der Waals surface area (Å²) < 4.78 is 0.